The summed E-state index contributed by atoms with van der Waals surface area (Å²) < 4.78 is 12.8. The van der Waals surface area contributed by atoms with Crippen LogP contribution in [0.4, 0.5) is 14.9 Å². The van der Waals surface area contributed by atoms with Crippen molar-refractivity contribution in [1.29, 1.82) is 0 Å². The van der Waals surface area contributed by atoms with Crippen molar-refractivity contribution in [3.8, 4) is 0 Å². The van der Waals surface area contributed by atoms with Crippen molar-refractivity contribution < 1.29 is 9.18 Å². The lowest BCUT2D eigenvalue weighted by Gasteiger charge is -2.18. The second-order valence-corrected chi connectivity index (χ2v) is 4.59. The van der Waals surface area contributed by atoms with Gasteiger partial charge in [-0.05, 0) is 36.2 Å². The number of hydrogen-bond donors (Lipinski definition) is 1. The summed E-state index contributed by atoms with van der Waals surface area (Å²) >= 11 is 0. The van der Waals surface area contributed by atoms with Crippen LogP contribution >= 0.6 is 0 Å². The number of benzene rings is 2. The van der Waals surface area contributed by atoms with Gasteiger partial charge in [0.2, 0.25) is 0 Å². The molecule has 2 rings (SSSR count). The number of urea groups is 1. The zero-order chi connectivity index (χ0) is 14.4. The van der Waals surface area contributed by atoms with E-state index in [0.717, 1.165) is 6.42 Å². The monoisotopic (exact) mass is 272 g/mol. The third kappa shape index (κ3) is 4.09. The van der Waals surface area contributed by atoms with Gasteiger partial charge in [-0.2, -0.15) is 0 Å². The Bertz CT molecular complexity index is 554. The third-order valence-electron chi connectivity index (χ3n) is 3.02. The number of amides is 2. The topological polar surface area (TPSA) is 32.3 Å². The minimum absolute atomic E-state index is 0.201. The van der Waals surface area contributed by atoms with Gasteiger partial charge in [-0.25, -0.2) is 9.18 Å². The lowest BCUT2D eigenvalue weighted by atomic mass is 10.1. The van der Waals surface area contributed by atoms with Gasteiger partial charge in [0, 0.05) is 19.3 Å². The van der Waals surface area contributed by atoms with E-state index in [1.165, 1.54) is 29.8 Å². The molecule has 1 N–H and O–H groups in total. The number of anilines is 1. The smallest absolute Gasteiger partial charge is 0.321 e. The third-order valence-corrected chi connectivity index (χ3v) is 3.02. The van der Waals surface area contributed by atoms with Crippen LogP contribution in [0.5, 0.6) is 0 Å². The van der Waals surface area contributed by atoms with Gasteiger partial charge in [0.05, 0.1) is 0 Å². The summed E-state index contributed by atoms with van der Waals surface area (Å²) in [6.07, 6.45) is 0.800. The Morgan fingerprint density at radius 3 is 2.40 bits per heavy atom. The molecule has 4 heteroatoms. The van der Waals surface area contributed by atoms with Crippen molar-refractivity contribution in [2.45, 2.75) is 6.42 Å². The van der Waals surface area contributed by atoms with Crippen LogP contribution in [0.25, 0.3) is 0 Å². The van der Waals surface area contributed by atoms with E-state index in [2.05, 4.69) is 5.32 Å². The molecule has 0 saturated carbocycles. The van der Waals surface area contributed by atoms with Gasteiger partial charge in [-0.3, -0.25) is 0 Å². The van der Waals surface area contributed by atoms with Crippen LogP contribution in [0.3, 0.4) is 0 Å². The van der Waals surface area contributed by atoms with Gasteiger partial charge in [0.1, 0.15) is 5.82 Å². The minimum atomic E-state index is -0.319. The van der Waals surface area contributed by atoms with Gasteiger partial charge in [-0.15, -0.1) is 0 Å². The maximum Gasteiger partial charge on any atom is 0.321 e. The second-order valence-electron chi connectivity index (χ2n) is 4.59. The molecular formula is C16H17FN2O. The summed E-state index contributed by atoms with van der Waals surface area (Å²) in [6, 6.07) is 15.5. The van der Waals surface area contributed by atoms with Crippen LogP contribution in [-0.2, 0) is 6.42 Å². The first-order valence-electron chi connectivity index (χ1n) is 6.47. The molecule has 0 atom stereocenters. The number of nitrogens with zero attached hydrogens (tertiary/aromatic N) is 1. The minimum Gasteiger partial charge on any atom is -0.327 e. The number of halogens is 1. The normalized spacial score (nSPS) is 10.1. The molecule has 0 heterocycles. The number of carbonyl (C=O) groups excluding carboxylic acids is 1. The lowest BCUT2D eigenvalue weighted by Crippen LogP contribution is -2.32. The lowest BCUT2D eigenvalue weighted by molar-refractivity contribution is 0.223. The Hall–Kier alpha value is -2.36. The van der Waals surface area contributed by atoms with Crippen molar-refractivity contribution in [2.24, 2.45) is 0 Å². The van der Waals surface area contributed by atoms with Crippen LogP contribution in [0.2, 0.25) is 0 Å². The van der Waals surface area contributed by atoms with E-state index in [1.807, 2.05) is 30.3 Å². The van der Waals surface area contributed by atoms with E-state index >= 15 is 0 Å². The Balaban J connectivity index is 1.84. The molecule has 0 radical (unpaired) electrons. The number of rotatable bonds is 4. The molecular weight excluding hydrogens is 255 g/mol. The van der Waals surface area contributed by atoms with Crippen LogP contribution in [0.15, 0.2) is 54.6 Å². The molecule has 0 aliphatic heterocycles. The fourth-order valence-electron chi connectivity index (χ4n) is 1.80. The van der Waals surface area contributed by atoms with E-state index in [1.54, 1.807) is 11.9 Å². The fourth-order valence-corrected chi connectivity index (χ4v) is 1.80. The molecule has 104 valence electrons. The molecule has 0 spiro atoms. The summed E-state index contributed by atoms with van der Waals surface area (Å²) in [7, 11) is 1.74. The zero-order valence-corrected chi connectivity index (χ0v) is 11.3. The van der Waals surface area contributed by atoms with Crippen molar-refractivity contribution >= 4 is 11.7 Å². The fraction of sp³-hybridized carbons (Fsp3) is 0.188. The first-order chi connectivity index (χ1) is 9.65. The molecule has 3 nitrogen and oxygen atoms in total. The average molecular weight is 272 g/mol. The second kappa shape index (κ2) is 6.70. The highest BCUT2D eigenvalue weighted by Crippen LogP contribution is 2.09. The van der Waals surface area contributed by atoms with Crippen molar-refractivity contribution in [3.05, 3.63) is 66.0 Å². The maximum atomic E-state index is 12.8. The molecule has 0 bridgehead atoms. The van der Waals surface area contributed by atoms with Gasteiger partial charge in [0.25, 0.3) is 0 Å². The standard InChI is InChI=1S/C16H17FN2O/c1-19(12-11-13-5-3-2-4-6-13)16(20)18-15-9-7-14(17)8-10-15/h2-10H,11-12H2,1H3,(H,18,20). The molecule has 0 saturated heterocycles. The predicted molar refractivity (Wildman–Crippen MR) is 78.2 cm³/mol. The van der Waals surface area contributed by atoms with E-state index in [9.17, 15) is 9.18 Å². The Labute approximate surface area is 118 Å². The molecule has 0 fully saturated rings. The molecule has 0 unspecified atom stereocenters. The Morgan fingerprint density at radius 1 is 1.10 bits per heavy atom. The highest BCUT2D eigenvalue weighted by atomic mass is 19.1. The summed E-state index contributed by atoms with van der Waals surface area (Å²) in [5.41, 5.74) is 1.77. The molecule has 0 aliphatic rings. The van der Waals surface area contributed by atoms with Crippen molar-refractivity contribution in [2.75, 3.05) is 18.9 Å². The van der Waals surface area contributed by atoms with Crippen LogP contribution in [0, 0.1) is 5.82 Å². The maximum absolute atomic E-state index is 12.8. The van der Waals surface area contributed by atoms with E-state index in [0.29, 0.717) is 12.2 Å². The van der Waals surface area contributed by atoms with Crippen LogP contribution < -0.4 is 5.32 Å². The number of carbonyl (C=O) groups is 1. The molecule has 0 aromatic heterocycles. The molecule has 2 amide bonds. The Kier molecular flexibility index (Phi) is 4.71. The SMILES string of the molecule is CN(CCc1ccccc1)C(=O)Nc1ccc(F)cc1. The van der Waals surface area contributed by atoms with Gasteiger partial charge >= 0.3 is 6.03 Å². The number of nitrogens with one attached hydrogen (secondary N) is 1. The predicted octanol–water partition coefficient (Wildman–Crippen LogP) is 3.53. The highest BCUT2D eigenvalue weighted by Gasteiger charge is 2.08. The van der Waals surface area contributed by atoms with Gasteiger partial charge in [0.15, 0.2) is 0 Å². The molecule has 2 aromatic carbocycles. The zero-order valence-electron chi connectivity index (χ0n) is 11.3. The van der Waals surface area contributed by atoms with Crippen molar-refractivity contribution in [1.82, 2.24) is 4.90 Å². The van der Waals surface area contributed by atoms with E-state index in [-0.39, 0.29) is 11.8 Å². The quantitative estimate of drug-likeness (QED) is 0.907. The summed E-state index contributed by atoms with van der Waals surface area (Å²) in [5.74, 6) is -0.319. The number of likely N-dealkylation sites (N-methyl/N-ethyl adjacent to an activating group) is 1. The molecule has 2 aromatic rings. The summed E-state index contributed by atoms with van der Waals surface area (Å²) in [4.78, 5) is 13.5. The number of hydrogen-bond acceptors (Lipinski definition) is 1. The van der Waals surface area contributed by atoms with Gasteiger partial charge < -0.3 is 10.2 Å². The summed E-state index contributed by atoms with van der Waals surface area (Å²) in [5, 5.41) is 2.73. The first-order valence-corrected chi connectivity index (χ1v) is 6.47. The highest BCUT2D eigenvalue weighted by molar-refractivity contribution is 5.89. The van der Waals surface area contributed by atoms with Crippen LogP contribution in [0.1, 0.15) is 5.56 Å². The molecule has 20 heavy (non-hydrogen) atoms. The van der Waals surface area contributed by atoms with Gasteiger partial charge in [-0.1, -0.05) is 30.3 Å². The molecule has 0 aliphatic carbocycles. The summed E-state index contributed by atoms with van der Waals surface area (Å²) in [6.45, 7) is 0.622. The van der Waals surface area contributed by atoms with Crippen molar-refractivity contribution in [3.63, 3.8) is 0 Å². The van der Waals surface area contributed by atoms with E-state index in [4.69, 9.17) is 0 Å². The van der Waals surface area contributed by atoms with E-state index < -0.39 is 0 Å². The first kappa shape index (κ1) is 14.1. The largest absolute Gasteiger partial charge is 0.327 e. The Morgan fingerprint density at radius 2 is 1.75 bits per heavy atom. The average Bonchev–Trinajstić information content (AvgIpc) is 2.48. The van der Waals surface area contributed by atoms with Crippen LogP contribution in [-0.4, -0.2) is 24.5 Å².